The Kier molecular flexibility index (Phi) is 10.5. The second-order valence-electron chi connectivity index (χ2n) is 26.8. The van der Waals surface area contributed by atoms with Gasteiger partial charge in [-0.2, -0.15) is 0 Å². The summed E-state index contributed by atoms with van der Waals surface area (Å²) in [5, 5.41) is 1.21. The predicted octanol–water partition coefficient (Wildman–Crippen LogP) is 18.8. The summed E-state index contributed by atoms with van der Waals surface area (Å²) >= 11 is 0. The lowest BCUT2D eigenvalue weighted by Crippen LogP contribution is -2.61. The molecule has 14 rings (SSSR count). The molecule has 9 aromatic rings. The number of unbranched alkanes of at least 4 members (excludes halogenated alkanes) is 1. The molecule has 3 nitrogen and oxygen atoms in total. The zero-order valence-corrected chi connectivity index (χ0v) is 47.3. The lowest BCUT2D eigenvalue weighted by Gasteiger charge is -2.47. The fourth-order valence-electron chi connectivity index (χ4n) is 15.0. The Morgan fingerprint density at radius 3 is 1.81 bits per heavy atom. The van der Waals surface area contributed by atoms with E-state index >= 15 is 0 Å². The van der Waals surface area contributed by atoms with Crippen LogP contribution in [0.15, 0.2) is 162 Å². The lowest BCUT2D eigenvalue weighted by atomic mass is 9.43. The maximum Gasteiger partial charge on any atom is 0.337 e. The maximum absolute atomic E-state index is 7.94. The fraction of sp³-hybridized carbons (Fsp3) is 0.315. The molecule has 8 aromatic carbocycles. The summed E-state index contributed by atoms with van der Waals surface area (Å²) in [4.78, 5) is 5.40. The van der Waals surface area contributed by atoms with Crippen molar-refractivity contribution in [1.29, 1.82) is 0 Å². The van der Waals surface area contributed by atoms with Crippen LogP contribution in [-0.4, -0.2) is 6.85 Å². The summed E-state index contributed by atoms with van der Waals surface area (Å²) in [6.45, 7) is 26.6. The molecule has 0 radical (unpaired) electrons. The third-order valence-corrected chi connectivity index (χ3v) is 19.8. The van der Waals surface area contributed by atoms with Crippen LogP contribution in [0.25, 0.3) is 55.5 Å². The van der Waals surface area contributed by atoms with Gasteiger partial charge in [-0.1, -0.05) is 192 Å². The molecule has 77 heavy (non-hydrogen) atoms. The molecule has 3 heterocycles. The lowest BCUT2D eigenvalue weighted by molar-refractivity contribution is 0.332. The van der Waals surface area contributed by atoms with E-state index in [1.54, 1.807) is 0 Å². The molecule has 0 saturated carbocycles. The average Bonchev–Trinajstić information content (AvgIpc) is 4.13. The van der Waals surface area contributed by atoms with Gasteiger partial charge in [-0.15, -0.1) is 0 Å². The topological polar surface area (TPSA) is 19.6 Å². The summed E-state index contributed by atoms with van der Waals surface area (Å²) in [6, 6.07) is 61.4. The van der Waals surface area contributed by atoms with E-state index in [9.17, 15) is 0 Å². The SMILES string of the molecule is CCCCc1ccc(N2c3oc4cc5c(cc4c3B3c4c(cc6c(c42)-c2ccccc2C6(C)C)-c2ccc(-c4ccccc4)cc2N3c2ccc3c(c2)C(C)(C)CCC3(C)C)C(C)(C)CCC5(C)C)c(-c2ccccc2)c1. The summed E-state index contributed by atoms with van der Waals surface area (Å²) in [5.74, 6) is 0.919. The highest BCUT2D eigenvalue weighted by Gasteiger charge is 2.53. The monoisotopic (exact) mass is 1000 g/mol. The van der Waals surface area contributed by atoms with E-state index in [0.29, 0.717) is 0 Å². The highest BCUT2D eigenvalue weighted by Crippen LogP contribution is 2.60. The molecule has 5 aliphatic rings. The molecule has 384 valence electrons. The third kappa shape index (κ3) is 7.08. The quantitative estimate of drug-likeness (QED) is 0.148. The van der Waals surface area contributed by atoms with Crippen LogP contribution in [0.2, 0.25) is 0 Å². The van der Waals surface area contributed by atoms with E-state index in [-0.39, 0.29) is 33.9 Å². The number of rotatable bonds is 7. The van der Waals surface area contributed by atoms with Gasteiger partial charge < -0.3 is 9.23 Å². The van der Waals surface area contributed by atoms with E-state index in [1.165, 1.54) is 123 Å². The zero-order valence-electron chi connectivity index (χ0n) is 47.3. The Hall–Kier alpha value is -7.04. The van der Waals surface area contributed by atoms with Gasteiger partial charge >= 0.3 is 6.85 Å². The Morgan fingerprint density at radius 2 is 1.10 bits per heavy atom. The molecule has 0 N–H and O–H groups in total. The van der Waals surface area contributed by atoms with Gasteiger partial charge in [0.15, 0.2) is 0 Å². The van der Waals surface area contributed by atoms with Crippen molar-refractivity contribution in [2.75, 3.05) is 9.71 Å². The number of hydrogen-bond acceptors (Lipinski definition) is 3. The Morgan fingerprint density at radius 1 is 0.468 bits per heavy atom. The molecular formula is C73H73BN2O. The van der Waals surface area contributed by atoms with Gasteiger partial charge in [-0.25, -0.2) is 0 Å². The first-order chi connectivity index (χ1) is 36.9. The van der Waals surface area contributed by atoms with Crippen LogP contribution in [0.4, 0.5) is 28.6 Å². The molecule has 1 aromatic heterocycles. The first-order valence-corrected chi connectivity index (χ1v) is 28.9. The van der Waals surface area contributed by atoms with Gasteiger partial charge in [0.25, 0.3) is 0 Å². The molecule has 0 atom stereocenters. The fourth-order valence-corrected chi connectivity index (χ4v) is 15.0. The molecule has 2 aliphatic heterocycles. The highest BCUT2D eigenvalue weighted by molar-refractivity contribution is 6.95. The van der Waals surface area contributed by atoms with Gasteiger partial charge in [-0.05, 0) is 181 Å². The molecule has 0 saturated heterocycles. The number of nitrogens with zero attached hydrogens (tertiary/aromatic N) is 2. The molecule has 0 unspecified atom stereocenters. The summed E-state index contributed by atoms with van der Waals surface area (Å²) in [5.41, 5.74) is 28.1. The van der Waals surface area contributed by atoms with Gasteiger partial charge in [0.2, 0.25) is 5.88 Å². The predicted molar refractivity (Wildman–Crippen MR) is 328 cm³/mol. The maximum atomic E-state index is 7.94. The Balaban J connectivity index is 1.18. The van der Waals surface area contributed by atoms with Crippen molar-refractivity contribution < 1.29 is 4.42 Å². The minimum atomic E-state index is -0.270. The molecule has 0 amide bonds. The number of fused-ring (bicyclic) bond motifs is 12. The second kappa shape index (κ2) is 16.7. The number of aryl methyl sites for hydroxylation is 1. The minimum Gasteiger partial charge on any atom is -0.440 e. The van der Waals surface area contributed by atoms with Crippen molar-refractivity contribution in [3.05, 3.63) is 197 Å². The minimum absolute atomic E-state index is 0.000435. The standard InChI is InChI=1S/C73H73BN2O/c1-12-13-22-45-29-34-61(52(39-45)47-25-18-15-19-26-47)75-67-64-51-27-20-21-28-55(51)73(10,11)60(64)42-53-50-32-30-48(46-23-16-14-17-24-46)40-62(50)76(49-31-33-56-57(41-49)70(4,5)36-35-69(56,2)3)74(65(53)67)66-54-43-58-59(44-63(54)77-68(66)75)72(8,9)38-37-71(58,6)7/h14-21,23-34,39-44H,12-13,22,35-38H2,1-11H3. The van der Waals surface area contributed by atoms with Crippen LogP contribution >= 0.6 is 0 Å². The van der Waals surface area contributed by atoms with Crippen LogP contribution in [0, 0.1) is 0 Å². The largest absolute Gasteiger partial charge is 0.440 e. The van der Waals surface area contributed by atoms with Crippen molar-refractivity contribution >= 4 is 57.4 Å². The van der Waals surface area contributed by atoms with Gasteiger partial charge in [0, 0.05) is 44.3 Å². The van der Waals surface area contributed by atoms with Crippen molar-refractivity contribution in [3.8, 4) is 44.5 Å². The number of anilines is 5. The third-order valence-electron chi connectivity index (χ3n) is 19.8. The molecule has 0 spiro atoms. The average molecular weight is 1010 g/mol. The second-order valence-corrected chi connectivity index (χ2v) is 26.8. The number of hydrogen-bond donors (Lipinski definition) is 0. The van der Waals surface area contributed by atoms with E-state index < -0.39 is 0 Å². The Bertz CT molecular complexity index is 3910. The van der Waals surface area contributed by atoms with Crippen LogP contribution in [0.5, 0.6) is 0 Å². The van der Waals surface area contributed by atoms with Crippen molar-refractivity contribution in [1.82, 2.24) is 0 Å². The van der Waals surface area contributed by atoms with E-state index in [2.05, 4.69) is 244 Å². The van der Waals surface area contributed by atoms with Crippen molar-refractivity contribution in [3.63, 3.8) is 0 Å². The van der Waals surface area contributed by atoms with Crippen LogP contribution in [-0.2, 0) is 33.5 Å². The van der Waals surface area contributed by atoms with E-state index in [0.717, 1.165) is 55.7 Å². The van der Waals surface area contributed by atoms with Crippen LogP contribution in [0.1, 0.15) is 154 Å². The number of benzene rings is 8. The van der Waals surface area contributed by atoms with E-state index in [4.69, 9.17) is 4.42 Å². The van der Waals surface area contributed by atoms with Gasteiger partial charge in [0.05, 0.1) is 11.4 Å². The van der Waals surface area contributed by atoms with Crippen molar-refractivity contribution in [2.24, 2.45) is 0 Å². The van der Waals surface area contributed by atoms with Gasteiger partial charge in [-0.3, -0.25) is 4.90 Å². The molecule has 0 bridgehead atoms. The normalized spacial score (nSPS) is 18.2. The molecule has 3 aliphatic carbocycles. The molecule has 4 heteroatoms. The number of furan rings is 1. The van der Waals surface area contributed by atoms with Crippen LogP contribution in [0.3, 0.4) is 0 Å². The van der Waals surface area contributed by atoms with Gasteiger partial charge in [0.1, 0.15) is 5.58 Å². The molecular weight excluding hydrogens is 932 g/mol. The summed E-state index contributed by atoms with van der Waals surface area (Å²) < 4.78 is 7.94. The van der Waals surface area contributed by atoms with E-state index in [1.807, 2.05) is 0 Å². The summed E-state index contributed by atoms with van der Waals surface area (Å²) in [6.07, 6.45) is 7.92. The van der Waals surface area contributed by atoms with Crippen molar-refractivity contribution in [2.45, 2.75) is 148 Å². The smallest absolute Gasteiger partial charge is 0.337 e. The first-order valence-electron chi connectivity index (χ1n) is 28.9. The highest BCUT2D eigenvalue weighted by atomic mass is 16.4. The van der Waals surface area contributed by atoms with Crippen LogP contribution < -0.4 is 20.6 Å². The summed E-state index contributed by atoms with van der Waals surface area (Å²) in [7, 11) is 0. The Labute approximate surface area is 458 Å². The molecule has 0 fully saturated rings. The first kappa shape index (κ1) is 48.3. The zero-order chi connectivity index (χ0) is 53.1.